The maximum atomic E-state index is 5.48. The molecule has 0 saturated carbocycles. The summed E-state index contributed by atoms with van der Waals surface area (Å²) in [7, 11) is 0. The lowest BCUT2D eigenvalue weighted by Gasteiger charge is -2.21. The minimum Gasteiger partial charge on any atom is -0.355 e. The molecule has 0 saturated heterocycles. The Morgan fingerprint density at radius 1 is 1.13 bits per heavy atom. The third kappa shape index (κ3) is 3.47. The molecule has 0 bridgehead atoms. The van der Waals surface area contributed by atoms with Crippen molar-refractivity contribution >= 4 is 5.82 Å². The number of hydrogen-bond donors (Lipinski definition) is 1. The summed E-state index contributed by atoms with van der Waals surface area (Å²) in [6.07, 6.45) is 2.25. The first-order valence-electron chi connectivity index (χ1n) is 5.59. The fourth-order valence-electron chi connectivity index (χ4n) is 1.51. The number of anilines is 1. The van der Waals surface area contributed by atoms with Gasteiger partial charge in [-0.2, -0.15) is 5.10 Å². The smallest absolute Gasteiger partial charge is 0.151 e. The highest BCUT2D eigenvalue weighted by Gasteiger charge is 2.05. The third-order valence-corrected chi connectivity index (χ3v) is 2.23. The maximum Gasteiger partial charge on any atom is 0.151 e. The van der Waals surface area contributed by atoms with Gasteiger partial charge < -0.3 is 10.6 Å². The summed E-state index contributed by atoms with van der Waals surface area (Å²) >= 11 is 0. The van der Waals surface area contributed by atoms with Gasteiger partial charge in [-0.25, -0.2) is 0 Å². The average molecular weight is 208 g/mol. The van der Waals surface area contributed by atoms with E-state index in [9.17, 15) is 0 Å². The van der Waals surface area contributed by atoms with Crippen LogP contribution < -0.4 is 10.6 Å². The van der Waals surface area contributed by atoms with Crippen molar-refractivity contribution in [2.45, 2.75) is 33.2 Å². The minimum atomic E-state index is 0.453. The van der Waals surface area contributed by atoms with Crippen LogP contribution >= 0.6 is 0 Å². The molecule has 0 atom stereocenters. The van der Waals surface area contributed by atoms with Gasteiger partial charge in [-0.05, 0) is 25.0 Å². The molecular weight excluding hydrogens is 188 g/mol. The Balaban J connectivity index is 2.72. The van der Waals surface area contributed by atoms with Crippen LogP contribution in [0.15, 0.2) is 12.1 Å². The predicted octanol–water partition coefficient (Wildman–Crippen LogP) is 1.56. The molecule has 0 radical (unpaired) electrons. The van der Waals surface area contributed by atoms with Crippen LogP contribution in [0.5, 0.6) is 0 Å². The van der Waals surface area contributed by atoms with Gasteiger partial charge in [-0.1, -0.05) is 13.8 Å². The van der Waals surface area contributed by atoms with Gasteiger partial charge in [0.25, 0.3) is 0 Å². The van der Waals surface area contributed by atoms with Crippen molar-refractivity contribution in [3.05, 3.63) is 17.8 Å². The van der Waals surface area contributed by atoms with Crippen molar-refractivity contribution in [3.63, 3.8) is 0 Å². The molecule has 0 aliphatic carbocycles. The molecule has 0 spiro atoms. The largest absolute Gasteiger partial charge is 0.355 e. The Morgan fingerprint density at radius 3 is 2.20 bits per heavy atom. The molecule has 15 heavy (non-hydrogen) atoms. The number of aromatic nitrogens is 2. The van der Waals surface area contributed by atoms with Crippen LogP contribution in [0.4, 0.5) is 5.82 Å². The van der Waals surface area contributed by atoms with Crippen molar-refractivity contribution in [2.75, 3.05) is 18.0 Å². The average Bonchev–Trinajstić information content (AvgIpc) is 2.29. The highest BCUT2D eigenvalue weighted by molar-refractivity contribution is 5.37. The zero-order valence-electron chi connectivity index (χ0n) is 9.61. The Kier molecular flexibility index (Phi) is 5.04. The Hall–Kier alpha value is -1.16. The second-order valence-electron chi connectivity index (χ2n) is 3.57. The van der Waals surface area contributed by atoms with Crippen LogP contribution in [-0.4, -0.2) is 23.3 Å². The van der Waals surface area contributed by atoms with Crippen molar-refractivity contribution in [3.8, 4) is 0 Å². The first-order chi connectivity index (χ1) is 7.31. The van der Waals surface area contributed by atoms with E-state index in [0.29, 0.717) is 6.54 Å². The fourth-order valence-corrected chi connectivity index (χ4v) is 1.51. The summed E-state index contributed by atoms with van der Waals surface area (Å²) in [5.41, 5.74) is 6.32. The van der Waals surface area contributed by atoms with Crippen molar-refractivity contribution in [1.82, 2.24) is 10.2 Å². The van der Waals surface area contributed by atoms with Gasteiger partial charge in [0.15, 0.2) is 5.82 Å². The normalized spacial score (nSPS) is 10.3. The number of rotatable bonds is 6. The van der Waals surface area contributed by atoms with Crippen LogP contribution in [0.2, 0.25) is 0 Å². The van der Waals surface area contributed by atoms with E-state index in [1.165, 1.54) is 0 Å². The first-order valence-corrected chi connectivity index (χ1v) is 5.59. The second-order valence-corrected chi connectivity index (χ2v) is 3.57. The lowest BCUT2D eigenvalue weighted by atomic mass is 10.3. The molecular formula is C11H20N4. The summed E-state index contributed by atoms with van der Waals surface area (Å²) in [5, 5.41) is 8.25. The molecule has 0 aliphatic rings. The number of nitrogens with zero attached hydrogens (tertiary/aromatic N) is 3. The standard InChI is InChI=1S/C11H20N4/c1-3-7-15(8-4-2)11-6-5-10(9-12)13-14-11/h5-6H,3-4,7-9,12H2,1-2H3. The van der Waals surface area contributed by atoms with Crippen LogP contribution in [-0.2, 0) is 6.54 Å². The van der Waals surface area contributed by atoms with E-state index in [1.54, 1.807) is 0 Å². The van der Waals surface area contributed by atoms with Crippen LogP contribution in [0.3, 0.4) is 0 Å². The molecule has 4 heteroatoms. The zero-order chi connectivity index (χ0) is 11.1. The van der Waals surface area contributed by atoms with Gasteiger partial charge in [0.2, 0.25) is 0 Å². The summed E-state index contributed by atoms with van der Waals surface area (Å²) in [4.78, 5) is 2.26. The third-order valence-electron chi connectivity index (χ3n) is 2.23. The van der Waals surface area contributed by atoms with Gasteiger partial charge in [0.1, 0.15) is 0 Å². The van der Waals surface area contributed by atoms with Gasteiger partial charge in [0, 0.05) is 19.6 Å². The topological polar surface area (TPSA) is 55.0 Å². The monoisotopic (exact) mass is 208 g/mol. The lowest BCUT2D eigenvalue weighted by Crippen LogP contribution is -2.26. The van der Waals surface area contributed by atoms with Crippen LogP contribution in [0.1, 0.15) is 32.4 Å². The molecule has 0 fully saturated rings. The summed E-state index contributed by atoms with van der Waals surface area (Å²) in [5.74, 6) is 0.955. The highest BCUT2D eigenvalue weighted by Crippen LogP contribution is 2.10. The van der Waals surface area contributed by atoms with Crippen LogP contribution in [0, 0.1) is 0 Å². The molecule has 1 heterocycles. The predicted molar refractivity (Wildman–Crippen MR) is 62.7 cm³/mol. The first kappa shape index (κ1) is 11.9. The molecule has 0 aliphatic heterocycles. The van der Waals surface area contributed by atoms with Crippen molar-refractivity contribution in [1.29, 1.82) is 0 Å². The van der Waals surface area contributed by atoms with E-state index >= 15 is 0 Å². The Morgan fingerprint density at radius 2 is 1.80 bits per heavy atom. The lowest BCUT2D eigenvalue weighted by molar-refractivity contribution is 0.721. The minimum absolute atomic E-state index is 0.453. The van der Waals surface area contributed by atoms with E-state index < -0.39 is 0 Å². The summed E-state index contributed by atoms with van der Waals surface area (Å²) < 4.78 is 0. The van der Waals surface area contributed by atoms with Crippen molar-refractivity contribution in [2.24, 2.45) is 5.73 Å². The molecule has 0 unspecified atom stereocenters. The van der Waals surface area contributed by atoms with E-state index in [-0.39, 0.29) is 0 Å². The molecule has 1 aromatic rings. The van der Waals surface area contributed by atoms with E-state index in [4.69, 9.17) is 5.73 Å². The van der Waals surface area contributed by atoms with Crippen LogP contribution in [0.25, 0.3) is 0 Å². The molecule has 4 nitrogen and oxygen atoms in total. The molecule has 84 valence electrons. The number of hydrogen-bond acceptors (Lipinski definition) is 4. The van der Waals surface area contributed by atoms with Gasteiger partial charge in [0.05, 0.1) is 5.69 Å². The van der Waals surface area contributed by atoms with E-state index in [1.807, 2.05) is 12.1 Å². The Bertz CT molecular complexity index is 264. The fraction of sp³-hybridized carbons (Fsp3) is 0.636. The van der Waals surface area contributed by atoms with E-state index in [0.717, 1.165) is 37.4 Å². The van der Waals surface area contributed by atoms with Gasteiger partial charge in [-0.15, -0.1) is 5.10 Å². The molecule has 2 N–H and O–H groups in total. The van der Waals surface area contributed by atoms with Gasteiger partial charge in [-0.3, -0.25) is 0 Å². The molecule has 0 aromatic carbocycles. The Labute approximate surface area is 91.5 Å². The summed E-state index contributed by atoms with van der Waals surface area (Å²) in [6, 6.07) is 3.95. The summed E-state index contributed by atoms with van der Waals surface area (Å²) in [6.45, 7) is 6.86. The molecule has 1 rings (SSSR count). The quantitative estimate of drug-likeness (QED) is 0.771. The SMILES string of the molecule is CCCN(CCC)c1ccc(CN)nn1. The van der Waals surface area contributed by atoms with Gasteiger partial charge >= 0.3 is 0 Å². The highest BCUT2D eigenvalue weighted by atomic mass is 15.3. The second kappa shape index (κ2) is 6.35. The maximum absolute atomic E-state index is 5.48. The number of nitrogens with two attached hydrogens (primary N) is 1. The molecule has 1 aromatic heterocycles. The van der Waals surface area contributed by atoms with Crippen molar-refractivity contribution < 1.29 is 0 Å². The van der Waals surface area contributed by atoms with E-state index in [2.05, 4.69) is 28.9 Å². The zero-order valence-corrected chi connectivity index (χ0v) is 9.61. The molecule has 0 amide bonds.